The summed E-state index contributed by atoms with van der Waals surface area (Å²) in [6.45, 7) is 8.48. The molecule has 1 heterocycles. The third kappa shape index (κ3) is 5.81. The summed E-state index contributed by atoms with van der Waals surface area (Å²) in [4.78, 5) is 17.4. The van der Waals surface area contributed by atoms with Gasteiger partial charge in [-0.3, -0.25) is 9.69 Å². The average Bonchev–Trinajstić information content (AvgIpc) is 2.79. The van der Waals surface area contributed by atoms with Crippen molar-refractivity contribution in [1.82, 2.24) is 14.5 Å². The highest BCUT2D eigenvalue weighted by Gasteiger charge is 2.25. The lowest BCUT2D eigenvalue weighted by Gasteiger charge is -2.36. The third-order valence-electron chi connectivity index (χ3n) is 5.79. The van der Waals surface area contributed by atoms with Gasteiger partial charge in [-0.1, -0.05) is 29.8 Å². The molecular weight excluding hydrogens is 448 g/mol. The summed E-state index contributed by atoms with van der Waals surface area (Å²) in [6.07, 6.45) is 0. The fraction of sp³-hybridized carbons (Fsp3) is 0.435. The normalized spacial score (nSPS) is 15.4. The SMILES string of the molecule is CC(C)N(C)S(=O)(=O)c1ccc(Cl)c(C(=O)NCCN2CCN(c3ccccc3)CC2)c1. The molecular formula is C23H31ClN4O3S. The van der Waals surface area contributed by atoms with Gasteiger partial charge in [-0.15, -0.1) is 0 Å². The molecule has 174 valence electrons. The zero-order valence-corrected chi connectivity index (χ0v) is 20.4. The lowest BCUT2D eigenvalue weighted by molar-refractivity contribution is 0.0947. The molecule has 0 aliphatic carbocycles. The molecule has 32 heavy (non-hydrogen) atoms. The number of benzene rings is 2. The number of nitrogens with one attached hydrogen (secondary N) is 1. The molecule has 3 rings (SSSR count). The van der Waals surface area contributed by atoms with Crippen LogP contribution in [0.15, 0.2) is 53.4 Å². The first-order valence-electron chi connectivity index (χ1n) is 10.8. The molecule has 0 spiro atoms. The summed E-state index contributed by atoms with van der Waals surface area (Å²) < 4.78 is 26.8. The lowest BCUT2D eigenvalue weighted by Crippen LogP contribution is -2.48. The third-order valence-corrected chi connectivity index (χ3v) is 8.15. The largest absolute Gasteiger partial charge is 0.369 e. The molecule has 0 radical (unpaired) electrons. The Morgan fingerprint density at radius 1 is 1.09 bits per heavy atom. The summed E-state index contributed by atoms with van der Waals surface area (Å²) in [6, 6.07) is 14.4. The quantitative estimate of drug-likeness (QED) is 0.631. The Balaban J connectivity index is 1.54. The molecule has 2 aromatic carbocycles. The van der Waals surface area contributed by atoms with Crippen molar-refractivity contribution in [2.24, 2.45) is 0 Å². The Hall–Kier alpha value is -2.13. The van der Waals surface area contributed by atoms with Crippen molar-refractivity contribution in [1.29, 1.82) is 0 Å². The first-order valence-corrected chi connectivity index (χ1v) is 12.6. The highest BCUT2D eigenvalue weighted by atomic mass is 35.5. The van der Waals surface area contributed by atoms with E-state index in [4.69, 9.17) is 11.6 Å². The number of carbonyl (C=O) groups is 1. The number of rotatable bonds is 8. The van der Waals surface area contributed by atoms with Crippen LogP contribution >= 0.6 is 11.6 Å². The standard InChI is InChI=1S/C23H31ClN4O3S/c1-18(2)26(3)32(30,31)20-9-10-22(24)21(17-20)23(29)25-11-12-27-13-15-28(16-14-27)19-7-5-4-6-8-19/h4-10,17-18H,11-16H2,1-3H3,(H,25,29). The van der Waals surface area contributed by atoms with Gasteiger partial charge in [-0.25, -0.2) is 8.42 Å². The first-order chi connectivity index (χ1) is 15.2. The van der Waals surface area contributed by atoms with Gasteiger partial charge < -0.3 is 10.2 Å². The summed E-state index contributed by atoms with van der Waals surface area (Å²) in [5.74, 6) is -0.373. The molecule has 1 amide bonds. The van der Waals surface area contributed by atoms with Crippen molar-refractivity contribution in [3.63, 3.8) is 0 Å². The highest BCUT2D eigenvalue weighted by molar-refractivity contribution is 7.89. The van der Waals surface area contributed by atoms with Crippen LogP contribution in [0.5, 0.6) is 0 Å². The van der Waals surface area contributed by atoms with Crippen molar-refractivity contribution >= 4 is 33.2 Å². The molecule has 1 aliphatic rings. The van der Waals surface area contributed by atoms with E-state index in [-0.39, 0.29) is 27.4 Å². The predicted octanol–water partition coefficient (Wildman–Crippen LogP) is 2.92. The number of sulfonamides is 1. The van der Waals surface area contributed by atoms with E-state index in [0.29, 0.717) is 6.54 Å². The minimum atomic E-state index is -3.70. The van der Waals surface area contributed by atoms with Gasteiger partial charge in [0.2, 0.25) is 10.0 Å². The Morgan fingerprint density at radius 3 is 2.38 bits per heavy atom. The van der Waals surface area contributed by atoms with Gasteiger partial charge in [0.15, 0.2) is 0 Å². The van der Waals surface area contributed by atoms with Gasteiger partial charge in [-0.2, -0.15) is 4.31 Å². The Morgan fingerprint density at radius 2 is 1.75 bits per heavy atom. The zero-order valence-electron chi connectivity index (χ0n) is 18.8. The van der Waals surface area contributed by atoms with Gasteiger partial charge in [0.25, 0.3) is 5.91 Å². The van der Waals surface area contributed by atoms with E-state index >= 15 is 0 Å². The van der Waals surface area contributed by atoms with Crippen LogP contribution in [0.2, 0.25) is 5.02 Å². The van der Waals surface area contributed by atoms with Crippen molar-refractivity contribution in [2.75, 3.05) is 51.2 Å². The number of hydrogen-bond acceptors (Lipinski definition) is 5. The maximum atomic E-state index is 12.7. The number of anilines is 1. The van der Waals surface area contributed by atoms with Crippen molar-refractivity contribution in [3.05, 3.63) is 59.1 Å². The van der Waals surface area contributed by atoms with E-state index in [0.717, 1.165) is 32.7 Å². The molecule has 1 aliphatic heterocycles. The number of para-hydroxylation sites is 1. The minimum Gasteiger partial charge on any atom is -0.369 e. The maximum Gasteiger partial charge on any atom is 0.252 e. The summed E-state index contributed by atoms with van der Waals surface area (Å²) in [5.41, 5.74) is 1.40. The topological polar surface area (TPSA) is 73.0 Å². The van der Waals surface area contributed by atoms with Gasteiger partial charge >= 0.3 is 0 Å². The Bertz CT molecular complexity index is 1020. The number of hydrogen-bond donors (Lipinski definition) is 1. The molecule has 9 heteroatoms. The van der Waals surface area contributed by atoms with Crippen molar-refractivity contribution < 1.29 is 13.2 Å². The smallest absolute Gasteiger partial charge is 0.252 e. The summed E-state index contributed by atoms with van der Waals surface area (Å²) in [7, 11) is -2.18. The van der Waals surface area contributed by atoms with E-state index in [9.17, 15) is 13.2 Å². The van der Waals surface area contributed by atoms with Crippen LogP contribution in [-0.4, -0.2) is 75.9 Å². The van der Waals surface area contributed by atoms with Crippen LogP contribution in [0.3, 0.4) is 0 Å². The molecule has 0 unspecified atom stereocenters. The molecule has 1 saturated heterocycles. The van der Waals surface area contributed by atoms with Gasteiger partial charge in [0, 0.05) is 58.0 Å². The molecule has 7 nitrogen and oxygen atoms in total. The average molecular weight is 479 g/mol. The zero-order chi connectivity index (χ0) is 23.3. The van der Waals surface area contributed by atoms with Crippen molar-refractivity contribution in [2.45, 2.75) is 24.8 Å². The van der Waals surface area contributed by atoms with Crippen molar-refractivity contribution in [3.8, 4) is 0 Å². The fourth-order valence-corrected chi connectivity index (χ4v) is 5.17. The van der Waals surface area contributed by atoms with Gasteiger partial charge in [0.05, 0.1) is 15.5 Å². The van der Waals surface area contributed by atoms with Crippen LogP contribution in [0.25, 0.3) is 0 Å². The Labute approximate surface area is 196 Å². The number of amides is 1. The molecule has 0 aromatic heterocycles. The van der Waals surface area contributed by atoms with Crippen LogP contribution in [0.1, 0.15) is 24.2 Å². The second kappa shape index (κ2) is 10.7. The summed E-state index contributed by atoms with van der Waals surface area (Å²) in [5, 5.41) is 3.10. The second-order valence-corrected chi connectivity index (χ2v) is 10.6. The molecule has 1 N–H and O–H groups in total. The maximum absolute atomic E-state index is 12.7. The van der Waals surface area contributed by atoms with Crippen LogP contribution in [0, 0.1) is 0 Å². The Kier molecular flexibility index (Phi) is 8.16. The molecule has 0 bridgehead atoms. The van der Waals surface area contributed by atoms with E-state index in [2.05, 4.69) is 27.2 Å². The van der Waals surface area contributed by atoms with E-state index in [1.807, 2.05) is 18.2 Å². The van der Waals surface area contributed by atoms with Crippen LogP contribution < -0.4 is 10.2 Å². The van der Waals surface area contributed by atoms with Gasteiger partial charge in [-0.05, 0) is 44.2 Å². The number of halogens is 1. The van der Waals surface area contributed by atoms with E-state index in [1.54, 1.807) is 13.8 Å². The van der Waals surface area contributed by atoms with E-state index < -0.39 is 10.0 Å². The van der Waals surface area contributed by atoms with Crippen LogP contribution in [0.4, 0.5) is 5.69 Å². The predicted molar refractivity (Wildman–Crippen MR) is 129 cm³/mol. The van der Waals surface area contributed by atoms with Gasteiger partial charge in [0.1, 0.15) is 0 Å². The monoisotopic (exact) mass is 478 g/mol. The van der Waals surface area contributed by atoms with E-state index in [1.165, 1.54) is 35.2 Å². The molecule has 2 aromatic rings. The lowest BCUT2D eigenvalue weighted by atomic mass is 10.2. The molecule has 0 saturated carbocycles. The number of piperazine rings is 1. The summed E-state index contributed by atoms with van der Waals surface area (Å²) >= 11 is 6.20. The molecule has 1 fully saturated rings. The minimum absolute atomic E-state index is 0.0558. The number of carbonyl (C=O) groups excluding carboxylic acids is 1. The fourth-order valence-electron chi connectivity index (χ4n) is 3.57. The molecule has 0 atom stereocenters. The first kappa shape index (κ1) is 24.5. The van der Waals surface area contributed by atoms with Crippen LogP contribution in [-0.2, 0) is 10.0 Å². The number of nitrogens with zero attached hydrogens (tertiary/aromatic N) is 3. The second-order valence-electron chi connectivity index (χ2n) is 8.18. The highest BCUT2D eigenvalue weighted by Crippen LogP contribution is 2.23.